The van der Waals surface area contributed by atoms with E-state index in [2.05, 4.69) is 32.4 Å². The zero-order valence-electron chi connectivity index (χ0n) is 8.75. The Bertz CT molecular complexity index is 168. The van der Waals surface area contributed by atoms with Gasteiger partial charge in [0.1, 0.15) is 0 Å². The molecule has 0 saturated carbocycles. The second-order valence-electron chi connectivity index (χ2n) is 3.08. The van der Waals surface area contributed by atoms with E-state index in [1.807, 2.05) is 0 Å². The van der Waals surface area contributed by atoms with Crippen LogP contribution >= 0.6 is 0 Å². The normalized spacial score (nSPS) is 12.6. The molecular formula is C10H19NO2. The summed E-state index contributed by atoms with van der Waals surface area (Å²) >= 11 is 0. The molecule has 0 amide bonds. The molecule has 0 bridgehead atoms. The maximum absolute atomic E-state index is 10.7. The van der Waals surface area contributed by atoms with Crippen molar-refractivity contribution in [1.29, 1.82) is 0 Å². The van der Waals surface area contributed by atoms with E-state index in [1.54, 1.807) is 0 Å². The molecule has 0 aromatic heterocycles. The van der Waals surface area contributed by atoms with E-state index in [1.165, 1.54) is 6.08 Å². The molecular weight excluding hydrogens is 166 g/mol. The zero-order chi connectivity index (χ0) is 10.3. The molecule has 0 heterocycles. The van der Waals surface area contributed by atoms with Crippen molar-refractivity contribution in [3.8, 4) is 0 Å². The zero-order valence-corrected chi connectivity index (χ0v) is 8.75. The average molecular weight is 185 g/mol. The van der Waals surface area contributed by atoms with Gasteiger partial charge in [0, 0.05) is 12.1 Å². The molecule has 0 spiro atoms. The number of hydrogen-bond donors (Lipinski definition) is 0. The maximum atomic E-state index is 10.7. The van der Waals surface area contributed by atoms with Gasteiger partial charge in [0.2, 0.25) is 0 Å². The number of rotatable bonds is 6. The summed E-state index contributed by atoms with van der Waals surface area (Å²) in [7, 11) is 2.06. The summed E-state index contributed by atoms with van der Waals surface area (Å²) < 4.78 is 4.87. The Labute approximate surface area is 80.4 Å². The molecule has 0 aliphatic rings. The van der Waals surface area contributed by atoms with Crippen LogP contribution in [0, 0.1) is 0 Å². The van der Waals surface area contributed by atoms with Crippen molar-refractivity contribution in [3.05, 3.63) is 12.7 Å². The van der Waals surface area contributed by atoms with Crippen LogP contribution in [0.3, 0.4) is 0 Å². The Morgan fingerprint density at radius 3 is 2.77 bits per heavy atom. The number of carbonyl (C=O) groups is 1. The first kappa shape index (κ1) is 12.2. The van der Waals surface area contributed by atoms with E-state index in [9.17, 15) is 4.79 Å². The minimum absolute atomic E-state index is 0.341. The fourth-order valence-electron chi connectivity index (χ4n) is 0.921. The minimum Gasteiger partial charge on any atom is -0.462 e. The summed E-state index contributed by atoms with van der Waals surface area (Å²) in [6, 6.07) is 0.447. The number of esters is 1. The van der Waals surface area contributed by atoms with Gasteiger partial charge in [-0.05, 0) is 26.9 Å². The van der Waals surface area contributed by atoms with Crippen molar-refractivity contribution < 1.29 is 9.53 Å². The third kappa shape index (κ3) is 5.42. The van der Waals surface area contributed by atoms with E-state index < -0.39 is 0 Å². The molecule has 1 unspecified atom stereocenters. The smallest absolute Gasteiger partial charge is 0.330 e. The van der Waals surface area contributed by atoms with Crippen LogP contribution in [-0.4, -0.2) is 37.1 Å². The van der Waals surface area contributed by atoms with Crippen LogP contribution in [-0.2, 0) is 9.53 Å². The number of nitrogens with zero attached hydrogens (tertiary/aromatic N) is 1. The van der Waals surface area contributed by atoms with E-state index in [0.29, 0.717) is 12.6 Å². The van der Waals surface area contributed by atoms with Crippen molar-refractivity contribution in [2.24, 2.45) is 0 Å². The first-order valence-electron chi connectivity index (χ1n) is 4.61. The first-order chi connectivity index (χ1) is 6.11. The van der Waals surface area contributed by atoms with Gasteiger partial charge in [-0.15, -0.1) is 0 Å². The molecule has 0 fully saturated rings. The maximum Gasteiger partial charge on any atom is 0.330 e. The highest BCUT2D eigenvalue weighted by Gasteiger charge is 2.07. The van der Waals surface area contributed by atoms with Crippen LogP contribution in [0.2, 0.25) is 0 Å². The average Bonchev–Trinajstić information content (AvgIpc) is 2.15. The second kappa shape index (κ2) is 6.66. The molecule has 0 radical (unpaired) electrons. The Morgan fingerprint density at radius 2 is 2.31 bits per heavy atom. The minimum atomic E-state index is -0.341. The molecule has 76 valence electrons. The van der Waals surface area contributed by atoms with Gasteiger partial charge >= 0.3 is 5.97 Å². The summed E-state index contributed by atoms with van der Waals surface area (Å²) in [5.74, 6) is -0.341. The van der Waals surface area contributed by atoms with Crippen molar-refractivity contribution in [3.63, 3.8) is 0 Å². The fraction of sp³-hybridized carbons (Fsp3) is 0.700. The van der Waals surface area contributed by atoms with Gasteiger partial charge in [0.15, 0.2) is 0 Å². The lowest BCUT2D eigenvalue weighted by molar-refractivity contribution is -0.138. The number of hydrogen-bond acceptors (Lipinski definition) is 3. The highest BCUT2D eigenvalue weighted by atomic mass is 16.5. The summed E-state index contributed by atoms with van der Waals surface area (Å²) in [6.45, 7) is 9.02. The predicted octanol–water partition coefficient (Wildman–Crippen LogP) is 1.45. The topological polar surface area (TPSA) is 29.5 Å². The molecule has 0 aromatic carbocycles. The number of carbonyl (C=O) groups excluding carboxylic acids is 1. The number of ether oxygens (including phenoxy) is 1. The monoisotopic (exact) mass is 185 g/mol. The van der Waals surface area contributed by atoms with Gasteiger partial charge in [-0.3, -0.25) is 0 Å². The molecule has 3 heteroatoms. The fourth-order valence-corrected chi connectivity index (χ4v) is 0.921. The van der Waals surface area contributed by atoms with Crippen molar-refractivity contribution in [2.75, 3.05) is 20.2 Å². The molecule has 0 saturated heterocycles. The van der Waals surface area contributed by atoms with Gasteiger partial charge < -0.3 is 9.64 Å². The highest BCUT2D eigenvalue weighted by molar-refractivity contribution is 5.81. The SMILES string of the molecule is C=CC(=O)OCCC(C)N(C)CC. The Kier molecular flexibility index (Phi) is 6.24. The molecule has 3 nitrogen and oxygen atoms in total. The van der Waals surface area contributed by atoms with E-state index in [-0.39, 0.29) is 5.97 Å². The van der Waals surface area contributed by atoms with Gasteiger partial charge in [-0.25, -0.2) is 4.79 Å². The van der Waals surface area contributed by atoms with Crippen LogP contribution in [0.25, 0.3) is 0 Å². The molecule has 13 heavy (non-hydrogen) atoms. The lowest BCUT2D eigenvalue weighted by atomic mass is 10.2. The molecule has 0 rings (SSSR count). The van der Waals surface area contributed by atoms with E-state index >= 15 is 0 Å². The van der Waals surface area contributed by atoms with Crippen LogP contribution in [0.4, 0.5) is 0 Å². The van der Waals surface area contributed by atoms with Gasteiger partial charge in [-0.2, -0.15) is 0 Å². The van der Waals surface area contributed by atoms with Gasteiger partial charge in [0.25, 0.3) is 0 Å². The third-order valence-corrected chi connectivity index (χ3v) is 2.20. The lowest BCUT2D eigenvalue weighted by Gasteiger charge is -2.22. The molecule has 0 aromatic rings. The van der Waals surface area contributed by atoms with Crippen LogP contribution in [0.15, 0.2) is 12.7 Å². The summed E-state index contributed by atoms with van der Waals surface area (Å²) in [6.07, 6.45) is 2.05. The van der Waals surface area contributed by atoms with Gasteiger partial charge in [0.05, 0.1) is 6.61 Å². The Morgan fingerprint density at radius 1 is 1.69 bits per heavy atom. The first-order valence-corrected chi connectivity index (χ1v) is 4.61. The van der Waals surface area contributed by atoms with E-state index in [0.717, 1.165) is 13.0 Å². The lowest BCUT2D eigenvalue weighted by Crippen LogP contribution is -2.29. The summed E-state index contributed by atoms with van der Waals surface area (Å²) in [5, 5.41) is 0. The van der Waals surface area contributed by atoms with Crippen molar-refractivity contribution in [2.45, 2.75) is 26.3 Å². The van der Waals surface area contributed by atoms with Crippen LogP contribution in [0.5, 0.6) is 0 Å². The van der Waals surface area contributed by atoms with Crippen LogP contribution < -0.4 is 0 Å². The van der Waals surface area contributed by atoms with E-state index in [4.69, 9.17) is 4.74 Å². The molecule has 0 N–H and O–H groups in total. The second-order valence-corrected chi connectivity index (χ2v) is 3.08. The summed E-state index contributed by atoms with van der Waals surface area (Å²) in [5.41, 5.74) is 0. The largest absolute Gasteiger partial charge is 0.462 e. The summed E-state index contributed by atoms with van der Waals surface area (Å²) in [4.78, 5) is 12.9. The third-order valence-electron chi connectivity index (χ3n) is 2.20. The Hall–Kier alpha value is -0.830. The van der Waals surface area contributed by atoms with Crippen molar-refractivity contribution >= 4 is 5.97 Å². The Balaban J connectivity index is 3.52. The quantitative estimate of drug-likeness (QED) is 0.463. The van der Waals surface area contributed by atoms with Crippen LogP contribution in [0.1, 0.15) is 20.3 Å². The molecule has 0 aliphatic heterocycles. The predicted molar refractivity (Wildman–Crippen MR) is 53.5 cm³/mol. The highest BCUT2D eigenvalue weighted by Crippen LogP contribution is 2.00. The standard InChI is InChI=1S/C10H19NO2/c1-5-10(12)13-8-7-9(3)11(4)6-2/h5,9H,1,6-8H2,2-4H3. The molecule has 1 atom stereocenters. The molecule has 0 aliphatic carbocycles. The van der Waals surface area contributed by atoms with Crippen molar-refractivity contribution in [1.82, 2.24) is 4.90 Å². The van der Waals surface area contributed by atoms with Gasteiger partial charge in [-0.1, -0.05) is 13.5 Å².